The minimum atomic E-state index is -0.415. The molecule has 3 aromatic rings. The second-order valence-electron chi connectivity index (χ2n) is 6.81. The van der Waals surface area contributed by atoms with Crippen LogP contribution in [0.15, 0.2) is 66.7 Å². The zero-order valence-corrected chi connectivity index (χ0v) is 16.1. The van der Waals surface area contributed by atoms with Crippen LogP contribution in [0.3, 0.4) is 0 Å². The third kappa shape index (κ3) is 5.10. The number of ether oxygens (including phenoxy) is 1. The molecule has 0 spiro atoms. The van der Waals surface area contributed by atoms with E-state index in [4.69, 9.17) is 4.74 Å². The Balaban J connectivity index is 1.47. The number of benzene rings is 3. The first-order chi connectivity index (χ1) is 13.5. The molecule has 0 bridgehead atoms. The van der Waals surface area contributed by atoms with Gasteiger partial charge in [-0.1, -0.05) is 54.6 Å². The number of anilines is 1. The first kappa shape index (κ1) is 19.4. The molecule has 5 heteroatoms. The number of rotatable bonds is 7. The van der Waals surface area contributed by atoms with Gasteiger partial charge in [-0.15, -0.1) is 0 Å². The smallest absolute Gasteiger partial charge is 0.310 e. The predicted octanol–water partition coefficient (Wildman–Crippen LogP) is 3.31. The first-order valence-electron chi connectivity index (χ1n) is 9.18. The lowest BCUT2D eigenvalue weighted by atomic mass is 10.0. The van der Waals surface area contributed by atoms with Gasteiger partial charge in [0.2, 0.25) is 0 Å². The maximum atomic E-state index is 12.1. The van der Waals surface area contributed by atoms with Crippen LogP contribution in [0.2, 0.25) is 0 Å². The summed E-state index contributed by atoms with van der Waals surface area (Å²) in [6, 6.07) is 21.6. The number of esters is 1. The van der Waals surface area contributed by atoms with E-state index in [9.17, 15) is 9.59 Å². The van der Waals surface area contributed by atoms with E-state index < -0.39 is 5.97 Å². The van der Waals surface area contributed by atoms with Gasteiger partial charge in [-0.2, -0.15) is 0 Å². The first-order valence-corrected chi connectivity index (χ1v) is 9.18. The van der Waals surface area contributed by atoms with Crippen molar-refractivity contribution in [1.82, 2.24) is 5.32 Å². The molecular formula is C23H24N2O3. The van der Waals surface area contributed by atoms with Crippen molar-refractivity contribution in [2.24, 2.45) is 0 Å². The highest BCUT2D eigenvalue weighted by Crippen LogP contribution is 2.19. The van der Waals surface area contributed by atoms with Crippen molar-refractivity contribution in [2.45, 2.75) is 13.0 Å². The third-order valence-corrected chi connectivity index (χ3v) is 4.52. The number of nitrogens with zero attached hydrogens (tertiary/aromatic N) is 1. The average molecular weight is 376 g/mol. The highest BCUT2D eigenvalue weighted by Gasteiger charge is 2.10. The molecule has 0 aliphatic heterocycles. The topological polar surface area (TPSA) is 58.6 Å². The fraction of sp³-hybridized carbons (Fsp3) is 0.217. The number of hydrogen-bond acceptors (Lipinski definition) is 4. The summed E-state index contributed by atoms with van der Waals surface area (Å²) in [7, 11) is 3.95. The summed E-state index contributed by atoms with van der Waals surface area (Å²) >= 11 is 0. The van der Waals surface area contributed by atoms with E-state index in [-0.39, 0.29) is 18.9 Å². The Morgan fingerprint density at radius 2 is 1.64 bits per heavy atom. The number of amides is 1. The molecule has 3 aromatic carbocycles. The Bertz CT molecular complexity index is 960. The van der Waals surface area contributed by atoms with Crippen molar-refractivity contribution in [1.29, 1.82) is 0 Å². The number of fused-ring (bicyclic) bond motifs is 1. The summed E-state index contributed by atoms with van der Waals surface area (Å²) in [5.74, 6) is -0.732. The molecule has 0 aliphatic rings. The predicted molar refractivity (Wildman–Crippen MR) is 111 cm³/mol. The SMILES string of the molecule is CN(C)c1ccc(CNC(=O)COC(=O)Cc2cccc3ccccc23)cc1. The Labute approximate surface area is 164 Å². The second-order valence-corrected chi connectivity index (χ2v) is 6.81. The van der Waals surface area contributed by atoms with E-state index in [1.165, 1.54) is 0 Å². The van der Waals surface area contributed by atoms with Gasteiger partial charge in [0, 0.05) is 26.3 Å². The van der Waals surface area contributed by atoms with Crippen molar-refractivity contribution >= 4 is 28.3 Å². The summed E-state index contributed by atoms with van der Waals surface area (Å²) in [5.41, 5.74) is 2.97. The quantitative estimate of drug-likeness (QED) is 0.643. The summed E-state index contributed by atoms with van der Waals surface area (Å²) in [5, 5.41) is 4.86. The molecule has 28 heavy (non-hydrogen) atoms. The van der Waals surface area contributed by atoms with E-state index >= 15 is 0 Å². The Morgan fingerprint density at radius 3 is 2.39 bits per heavy atom. The van der Waals surface area contributed by atoms with Crippen LogP contribution in [0.5, 0.6) is 0 Å². The second kappa shape index (κ2) is 9.04. The van der Waals surface area contributed by atoms with Gasteiger partial charge in [-0.05, 0) is 34.0 Å². The largest absolute Gasteiger partial charge is 0.455 e. The third-order valence-electron chi connectivity index (χ3n) is 4.52. The van der Waals surface area contributed by atoms with Gasteiger partial charge in [0.1, 0.15) is 0 Å². The van der Waals surface area contributed by atoms with Crippen molar-refractivity contribution in [3.8, 4) is 0 Å². The molecule has 144 valence electrons. The Morgan fingerprint density at radius 1 is 0.929 bits per heavy atom. The molecular weight excluding hydrogens is 352 g/mol. The van der Waals surface area contributed by atoms with Gasteiger partial charge < -0.3 is 15.0 Å². The van der Waals surface area contributed by atoms with Crippen LogP contribution in [0.1, 0.15) is 11.1 Å². The van der Waals surface area contributed by atoms with Crippen LogP contribution in [0.25, 0.3) is 10.8 Å². The van der Waals surface area contributed by atoms with Crippen LogP contribution in [0.4, 0.5) is 5.69 Å². The van der Waals surface area contributed by atoms with E-state index in [2.05, 4.69) is 5.32 Å². The van der Waals surface area contributed by atoms with Crippen LogP contribution < -0.4 is 10.2 Å². The van der Waals surface area contributed by atoms with E-state index in [0.717, 1.165) is 27.6 Å². The van der Waals surface area contributed by atoms with E-state index in [1.807, 2.05) is 85.7 Å². The van der Waals surface area contributed by atoms with E-state index in [1.54, 1.807) is 0 Å². The summed E-state index contributed by atoms with van der Waals surface area (Å²) in [6.45, 7) is 0.118. The lowest BCUT2D eigenvalue weighted by Crippen LogP contribution is -2.28. The van der Waals surface area contributed by atoms with Gasteiger partial charge >= 0.3 is 5.97 Å². The van der Waals surface area contributed by atoms with Crippen LogP contribution in [-0.2, 0) is 27.3 Å². The Hall–Kier alpha value is -3.34. The molecule has 0 unspecified atom stereocenters. The Kier molecular flexibility index (Phi) is 6.27. The van der Waals surface area contributed by atoms with Crippen molar-refractivity contribution < 1.29 is 14.3 Å². The number of carbonyl (C=O) groups excluding carboxylic acids is 2. The molecule has 0 aromatic heterocycles. The molecule has 0 saturated carbocycles. The number of carbonyl (C=O) groups is 2. The number of hydrogen-bond donors (Lipinski definition) is 1. The molecule has 1 amide bonds. The fourth-order valence-corrected chi connectivity index (χ4v) is 2.96. The lowest BCUT2D eigenvalue weighted by Gasteiger charge is -2.13. The molecule has 0 atom stereocenters. The highest BCUT2D eigenvalue weighted by atomic mass is 16.5. The zero-order valence-electron chi connectivity index (χ0n) is 16.1. The van der Waals surface area contributed by atoms with Crippen molar-refractivity contribution in [2.75, 3.05) is 25.6 Å². The number of nitrogens with one attached hydrogen (secondary N) is 1. The maximum Gasteiger partial charge on any atom is 0.310 e. The van der Waals surface area contributed by atoms with E-state index in [0.29, 0.717) is 6.54 Å². The van der Waals surface area contributed by atoms with Gasteiger partial charge in [0.15, 0.2) is 6.61 Å². The highest BCUT2D eigenvalue weighted by molar-refractivity contribution is 5.89. The van der Waals surface area contributed by atoms with Crippen molar-refractivity contribution in [3.63, 3.8) is 0 Å². The van der Waals surface area contributed by atoms with Crippen LogP contribution in [0, 0.1) is 0 Å². The molecule has 1 N–H and O–H groups in total. The minimum Gasteiger partial charge on any atom is -0.455 e. The van der Waals surface area contributed by atoms with Crippen LogP contribution >= 0.6 is 0 Å². The summed E-state index contributed by atoms with van der Waals surface area (Å²) in [4.78, 5) is 26.1. The molecule has 0 heterocycles. The molecule has 0 radical (unpaired) electrons. The monoisotopic (exact) mass is 376 g/mol. The summed E-state index contributed by atoms with van der Waals surface area (Å²) in [6.07, 6.45) is 0.140. The molecule has 0 saturated heterocycles. The standard InChI is InChI=1S/C23H24N2O3/c1-25(2)20-12-10-17(11-13-20)15-24-22(26)16-28-23(27)14-19-8-5-7-18-6-3-4-9-21(18)19/h3-13H,14-16H2,1-2H3,(H,24,26). The zero-order chi connectivity index (χ0) is 19.9. The fourth-order valence-electron chi connectivity index (χ4n) is 2.96. The normalized spacial score (nSPS) is 10.5. The van der Waals surface area contributed by atoms with Crippen LogP contribution in [-0.4, -0.2) is 32.6 Å². The minimum absolute atomic E-state index is 0.140. The molecule has 0 aliphatic carbocycles. The van der Waals surface area contributed by atoms with Gasteiger partial charge in [-0.25, -0.2) is 0 Å². The van der Waals surface area contributed by atoms with Gasteiger partial charge in [0.25, 0.3) is 5.91 Å². The molecule has 5 nitrogen and oxygen atoms in total. The molecule has 3 rings (SSSR count). The molecule has 0 fully saturated rings. The summed E-state index contributed by atoms with van der Waals surface area (Å²) < 4.78 is 5.14. The van der Waals surface area contributed by atoms with Gasteiger partial charge in [0.05, 0.1) is 6.42 Å². The van der Waals surface area contributed by atoms with Gasteiger partial charge in [-0.3, -0.25) is 9.59 Å². The average Bonchev–Trinajstić information content (AvgIpc) is 2.71. The van der Waals surface area contributed by atoms with Crippen molar-refractivity contribution in [3.05, 3.63) is 77.9 Å². The maximum absolute atomic E-state index is 12.1. The lowest BCUT2D eigenvalue weighted by molar-refractivity contribution is -0.147.